The molecule has 4 aromatic rings. The third-order valence-corrected chi connectivity index (χ3v) is 5.46. The van der Waals surface area contributed by atoms with E-state index in [1.54, 1.807) is 12.1 Å². The molecule has 0 radical (unpaired) electrons. The fraction of sp³-hybridized carbons (Fsp3) is 0.152. The van der Waals surface area contributed by atoms with Crippen LogP contribution < -0.4 is 10.2 Å². The van der Waals surface area contributed by atoms with Gasteiger partial charge in [0.1, 0.15) is 11.5 Å². The molecule has 0 bridgehead atoms. The van der Waals surface area contributed by atoms with Gasteiger partial charge in [-0.2, -0.15) is 10.5 Å². The van der Waals surface area contributed by atoms with E-state index in [0.29, 0.717) is 33.7 Å². The van der Waals surface area contributed by atoms with E-state index in [2.05, 4.69) is 9.98 Å². The monoisotopic (exact) mass is 656 g/mol. The summed E-state index contributed by atoms with van der Waals surface area (Å²) in [5.74, 6) is -1.03. The molecule has 238 valence electrons. The molecule has 0 heterocycles. The second-order valence-electron chi connectivity index (χ2n) is 8.57. The fourth-order valence-corrected chi connectivity index (χ4v) is 3.72. The van der Waals surface area contributed by atoms with Crippen LogP contribution in [-0.2, 0) is 16.5 Å². The van der Waals surface area contributed by atoms with Crippen LogP contribution in [0.4, 0.5) is 0 Å². The number of hydrogen-bond donors (Lipinski definition) is 3. The predicted octanol–water partition coefficient (Wildman–Crippen LogP) is 2.39. The maximum Gasteiger partial charge on any atom is 2.00 e. The van der Waals surface area contributed by atoms with E-state index in [1.165, 1.54) is 38.1 Å². The zero-order valence-corrected chi connectivity index (χ0v) is 25.5. The summed E-state index contributed by atoms with van der Waals surface area (Å²) in [6, 6.07) is 29.8. The molecule has 4 rings (SSSR count). The summed E-state index contributed by atoms with van der Waals surface area (Å²) in [5, 5.41) is 69.6. The first-order chi connectivity index (χ1) is 20.2. The van der Waals surface area contributed by atoms with Gasteiger partial charge in [0, 0.05) is 25.0 Å². The number of nitriles is 2. The second kappa shape index (κ2) is 22.3. The minimum Gasteiger partial charge on any atom is -0.872 e. The first-order valence-electron chi connectivity index (χ1n) is 12.8. The number of rotatable bonds is 8. The van der Waals surface area contributed by atoms with Crippen molar-refractivity contribution in [2.24, 2.45) is 9.98 Å². The van der Waals surface area contributed by atoms with Crippen LogP contribution in [-0.4, -0.2) is 56.9 Å². The molecule has 0 aromatic heterocycles. The van der Waals surface area contributed by atoms with Crippen LogP contribution in [0.1, 0.15) is 36.1 Å². The number of aromatic hydroxyl groups is 2. The minimum absolute atomic E-state index is 0. The van der Waals surface area contributed by atoms with E-state index in [-0.39, 0.29) is 63.5 Å². The van der Waals surface area contributed by atoms with E-state index >= 15 is 0 Å². The molecule has 0 aliphatic rings. The zero-order chi connectivity index (χ0) is 30.9. The van der Waals surface area contributed by atoms with Crippen molar-refractivity contribution in [3.05, 3.63) is 119 Å². The van der Waals surface area contributed by atoms with Crippen LogP contribution in [0, 0.1) is 22.7 Å². The molecule has 0 unspecified atom stereocenters. The van der Waals surface area contributed by atoms with Gasteiger partial charge in [0.25, 0.3) is 0 Å². The topological polar surface area (TPSA) is 242 Å². The summed E-state index contributed by atoms with van der Waals surface area (Å²) in [5.41, 5.74) is 2.79. The molecule has 0 fully saturated rings. The van der Waals surface area contributed by atoms with E-state index in [0.717, 1.165) is 12.1 Å². The minimum atomic E-state index is -0.998. The molecule has 0 spiro atoms. The number of benzene rings is 4. The van der Waals surface area contributed by atoms with Gasteiger partial charge >= 0.3 is 16.5 Å². The molecule has 0 saturated heterocycles. The maximum absolute atomic E-state index is 12.5. The Labute approximate surface area is 271 Å². The van der Waals surface area contributed by atoms with Crippen LogP contribution >= 0.6 is 0 Å². The average Bonchev–Trinajstić information content (AvgIpc) is 2.97. The Hall–Kier alpha value is -5.23. The molecule has 0 amide bonds. The van der Waals surface area contributed by atoms with Crippen molar-refractivity contribution < 1.29 is 53.0 Å². The van der Waals surface area contributed by atoms with Crippen LogP contribution in [0.2, 0.25) is 0 Å². The Morgan fingerprint density at radius 3 is 1.27 bits per heavy atom. The quantitative estimate of drug-likeness (QED) is 0.189. The van der Waals surface area contributed by atoms with Crippen molar-refractivity contribution in [2.75, 3.05) is 13.1 Å². The zero-order valence-electron chi connectivity index (χ0n) is 24.5. The SMILES string of the molecule is CC#N.CC#N.O.O.[Ni+2].[O-]c1cc(O)ccc1C(=NCC(O)CN=C(c1ccccc1)c1ccc(O)cc1[O-])c1ccccc1. The molecular formula is C33H34N4NiO7. The number of aliphatic hydroxyl groups excluding tert-OH is 1. The molecule has 11 nitrogen and oxygen atoms in total. The standard InChI is InChI=1S/C29H26N2O5.2C2H3N.Ni.2H2O/c32-21-11-13-24(26(35)15-21)28(19-7-3-1-4-8-19)30-17-23(34)18-31-29(20-9-5-2-6-10-20)25-14-12-22(33)16-27(25)36;2*1-2-3;;;/h1-16,23,32-36H,17-18H2;2*1H3;;2*1H2/q;;;+2;;/p-2. The molecule has 0 aliphatic carbocycles. The number of phenolic OH excluding ortho intramolecular Hbond substituents is 2. The van der Waals surface area contributed by atoms with Gasteiger partial charge in [0.2, 0.25) is 0 Å². The Balaban J connectivity index is 0. The van der Waals surface area contributed by atoms with Crippen LogP contribution in [0.25, 0.3) is 0 Å². The summed E-state index contributed by atoms with van der Waals surface area (Å²) in [6.07, 6.45) is -0.998. The molecule has 0 saturated carbocycles. The summed E-state index contributed by atoms with van der Waals surface area (Å²) in [4.78, 5) is 9.06. The Morgan fingerprint density at radius 2 is 0.978 bits per heavy atom. The number of nitrogens with zero attached hydrogens (tertiary/aromatic N) is 4. The predicted molar refractivity (Wildman–Crippen MR) is 165 cm³/mol. The normalized spacial score (nSPS) is 10.7. The molecule has 0 aliphatic heterocycles. The van der Waals surface area contributed by atoms with Crippen molar-refractivity contribution in [3.8, 4) is 35.1 Å². The van der Waals surface area contributed by atoms with E-state index in [9.17, 15) is 25.5 Å². The van der Waals surface area contributed by atoms with Gasteiger partial charge in [-0.3, -0.25) is 9.98 Å². The summed E-state index contributed by atoms with van der Waals surface area (Å²) in [7, 11) is 0. The van der Waals surface area contributed by atoms with Crippen molar-refractivity contribution in [1.82, 2.24) is 0 Å². The third-order valence-electron chi connectivity index (χ3n) is 5.46. The smallest absolute Gasteiger partial charge is 0.872 e. The van der Waals surface area contributed by atoms with E-state index < -0.39 is 6.10 Å². The molecule has 12 heteroatoms. The molecule has 45 heavy (non-hydrogen) atoms. The first kappa shape index (κ1) is 41.9. The first-order valence-corrected chi connectivity index (χ1v) is 12.8. The number of hydrogen-bond acceptors (Lipinski definition) is 9. The largest absolute Gasteiger partial charge is 2.00 e. The average molecular weight is 657 g/mol. The number of phenols is 2. The van der Waals surface area contributed by atoms with Crippen molar-refractivity contribution in [1.29, 1.82) is 10.5 Å². The van der Waals surface area contributed by atoms with Gasteiger partial charge in [-0.15, -0.1) is 0 Å². The van der Waals surface area contributed by atoms with Gasteiger partial charge in [-0.1, -0.05) is 72.2 Å². The third kappa shape index (κ3) is 13.3. The number of aliphatic imine (C=N–C) groups is 2. The van der Waals surface area contributed by atoms with Crippen LogP contribution in [0.3, 0.4) is 0 Å². The van der Waals surface area contributed by atoms with E-state index in [1.807, 2.05) is 60.7 Å². The van der Waals surface area contributed by atoms with Gasteiger partial charge in [-0.05, 0) is 47.5 Å². The van der Waals surface area contributed by atoms with Gasteiger partial charge in [0.05, 0.1) is 42.8 Å². The molecular weight excluding hydrogens is 623 g/mol. The second-order valence-corrected chi connectivity index (χ2v) is 8.57. The Bertz CT molecular complexity index is 1470. The molecule has 0 atom stereocenters. The van der Waals surface area contributed by atoms with Gasteiger partial charge in [0.15, 0.2) is 0 Å². The summed E-state index contributed by atoms with van der Waals surface area (Å²) < 4.78 is 0. The van der Waals surface area contributed by atoms with Gasteiger partial charge < -0.3 is 36.5 Å². The van der Waals surface area contributed by atoms with Crippen molar-refractivity contribution in [2.45, 2.75) is 20.0 Å². The van der Waals surface area contributed by atoms with E-state index in [4.69, 9.17) is 10.5 Å². The Morgan fingerprint density at radius 1 is 0.667 bits per heavy atom. The molecule has 7 N–H and O–H groups in total. The maximum atomic E-state index is 12.5. The van der Waals surface area contributed by atoms with Crippen LogP contribution in [0.15, 0.2) is 107 Å². The molecule has 4 aromatic carbocycles. The van der Waals surface area contributed by atoms with Crippen molar-refractivity contribution >= 4 is 11.4 Å². The van der Waals surface area contributed by atoms with Crippen LogP contribution in [0.5, 0.6) is 23.0 Å². The summed E-state index contributed by atoms with van der Waals surface area (Å²) in [6.45, 7) is 2.77. The summed E-state index contributed by atoms with van der Waals surface area (Å²) >= 11 is 0. The van der Waals surface area contributed by atoms with Crippen molar-refractivity contribution in [3.63, 3.8) is 0 Å². The fourth-order valence-electron chi connectivity index (χ4n) is 3.72. The Kier molecular flexibility index (Phi) is 20.8. The number of aliphatic hydroxyl groups is 1. The van der Waals surface area contributed by atoms with Gasteiger partial charge in [-0.25, -0.2) is 0 Å².